The van der Waals surface area contributed by atoms with Crippen LogP contribution in [0.15, 0.2) is 30.6 Å². The standard InChI is InChI=1S/C17H16N2O2/c1-21-17-13-6-8-19-15(20)5-4-11(16(13)19)9-14(17)12-3-2-7-18-10-12/h2-3,7,9-10H,4-6,8H2,1H3. The summed E-state index contributed by atoms with van der Waals surface area (Å²) in [6.45, 7) is 0.772. The first-order chi connectivity index (χ1) is 10.3. The molecule has 0 aliphatic carbocycles. The van der Waals surface area contributed by atoms with E-state index in [0.29, 0.717) is 6.42 Å². The molecule has 0 saturated heterocycles. The summed E-state index contributed by atoms with van der Waals surface area (Å²) in [4.78, 5) is 18.2. The van der Waals surface area contributed by atoms with Crippen molar-refractivity contribution in [3.8, 4) is 16.9 Å². The molecule has 1 amide bonds. The number of pyridine rings is 1. The van der Waals surface area contributed by atoms with E-state index >= 15 is 0 Å². The number of nitrogens with zero attached hydrogens (tertiary/aromatic N) is 2. The summed E-state index contributed by atoms with van der Waals surface area (Å²) in [6, 6.07) is 6.15. The van der Waals surface area contributed by atoms with E-state index in [0.717, 1.165) is 42.0 Å². The van der Waals surface area contributed by atoms with Crippen molar-refractivity contribution in [1.82, 2.24) is 4.98 Å². The van der Waals surface area contributed by atoms with Crippen molar-refractivity contribution in [2.45, 2.75) is 19.3 Å². The van der Waals surface area contributed by atoms with Gasteiger partial charge < -0.3 is 9.64 Å². The quantitative estimate of drug-likeness (QED) is 0.849. The fourth-order valence-corrected chi connectivity index (χ4v) is 3.46. The lowest BCUT2D eigenvalue weighted by Crippen LogP contribution is -2.32. The SMILES string of the molecule is COc1c(-c2cccnc2)cc2c3c1CCN3C(=O)CC2. The Morgan fingerprint density at radius 3 is 2.95 bits per heavy atom. The molecular formula is C17H16N2O2. The largest absolute Gasteiger partial charge is 0.496 e. The normalized spacial score (nSPS) is 16.0. The summed E-state index contributed by atoms with van der Waals surface area (Å²) >= 11 is 0. The Labute approximate surface area is 123 Å². The number of carbonyl (C=O) groups excluding carboxylic acids is 1. The Morgan fingerprint density at radius 1 is 1.29 bits per heavy atom. The van der Waals surface area contributed by atoms with Crippen LogP contribution in [0.25, 0.3) is 11.1 Å². The van der Waals surface area contributed by atoms with Gasteiger partial charge in [-0.15, -0.1) is 0 Å². The molecule has 4 nitrogen and oxygen atoms in total. The number of rotatable bonds is 2. The molecule has 0 fully saturated rings. The highest BCUT2D eigenvalue weighted by Gasteiger charge is 2.34. The van der Waals surface area contributed by atoms with Gasteiger partial charge >= 0.3 is 0 Å². The Bertz CT molecular complexity index is 725. The first-order valence-electron chi connectivity index (χ1n) is 7.23. The van der Waals surface area contributed by atoms with E-state index < -0.39 is 0 Å². The topological polar surface area (TPSA) is 42.4 Å². The van der Waals surface area contributed by atoms with Crippen LogP contribution in [0.5, 0.6) is 5.75 Å². The van der Waals surface area contributed by atoms with E-state index in [4.69, 9.17) is 4.74 Å². The molecule has 106 valence electrons. The summed E-state index contributed by atoms with van der Waals surface area (Å²) in [5, 5.41) is 0. The zero-order valence-corrected chi connectivity index (χ0v) is 11.9. The van der Waals surface area contributed by atoms with Crippen LogP contribution in [0, 0.1) is 0 Å². The van der Waals surface area contributed by atoms with Crippen LogP contribution >= 0.6 is 0 Å². The molecule has 0 unspecified atom stereocenters. The van der Waals surface area contributed by atoms with Crippen molar-refractivity contribution in [2.75, 3.05) is 18.6 Å². The number of hydrogen-bond acceptors (Lipinski definition) is 3. The van der Waals surface area contributed by atoms with Crippen molar-refractivity contribution in [3.63, 3.8) is 0 Å². The molecule has 21 heavy (non-hydrogen) atoms. The average molecular weight is 280 g/mol. The Morgan fingerprint density at radius 2 is 2.19 bits per heavy atom. The fourth-order valence-electron chi connectivity index (χ4n) is 3.46. The predicted molar refractivity (Wildman–Crippen MR) is 80.6 cm³/mol. The molecule has 0 spiro atoms. The maximum absolute atomic E-state index is 12.1. The van der Waals surface area contributed by atoms with Crippen molar-refractivity contribution in [3.05, 3.63) is 41.7 Å². The number of ether oxygens (including phenoxy) is 1. The highest BCUT2D eigenvalue weighted by molar-refractivity contribution is 6.00. The van der Waals surface area contributed by atoms with Crippen LogP contribution < -0.4 is 9.64 Å². The van der Waals surface area contributed by atoms with Gasteiger partial charge in [-0.3, -0.25) is 9.78 Å². The first kappa shape index (κ1) is 12.4. The zero-order valence-electron chi connectivity index (χ0n) is 11.9. The molecule has 2 aliphatic heterocycles. The van der Waals surface area contributed by atoms with Gasteiger partial charge in [0.05, 0.1) is 12.8 Å². The lowest BCUT2D eigenvalue weighted by molar-refractivity contribution is -0.118. The second-order valence-corrected chi connectivity index (χ2v) is 5.48. The van der Waals surface area contributed by atoms with Gasteiger partial charge in [-0.25, -0.2) is 0 Å². The van der Waals surface area contributed by atoms with E-state index in [9.17, 15) is 4.79 Å². The monoisotopic (exact) mass is 280 g/mol. The van der Waals surface area contributed by atoms with Crippen molar-refractivity contribution in [1.29, 1.82) is 0 Å². The fraction of sp³-hybridized carbons (Fsp3) is 0.294. The molecule has 0 radical (unpaired) electrons. The highest BCUT2D eigenvalue weighted by Crippen LogP contribution is 2.46. The average Bonchev–Trinajstić information content (AvgIpc) is 2.98. The van der Waals surface area contributed by atoms with Crippen molar-refractivity contribution >= 4 is 11.6 Å². The van der Waals surface area contributed by atoms with E-state index in [1.807, 2.05) is 23.2 Å². The summed E-state index contributed by atoms with van der Waals surface area (Å²) in [5.74, 6) is 1.12. The minimum atomic E-state index is 0.234. The number of anilines is 1. The van der Waals surface area contributed by atoms with Gasteiger partial charge in [0.2, 0.25) is 5.91 Å². The number of benzene rings is 1. The smallest absolute Gasteiger partial charge is 0.227 e. The Balaban J connectivity index is 1.97. The van der Waals surface area contributed by atoms with E-state index in [2.05, 4.69) is 11.1 Å². The Kier molecular flexibility index (Phi) is 2.70. The van der Waals surface area contributed by atoms with Gasteiger partial charge in [0, 0.05) is 42.0 Å². The maximum Gasteiger partial charge on any atom is 0.227 e. The lowest BCUT2D eigenvalue weighted by atomic mass is 9.93. The predicted octanol–water partition coefficient (Wildman–Crippen LogP) is 2.59. The van der Waals surface area contributed by atoms with Gasteiger partial charge in [-0.1, -0.05) is 6.07 Å². The molecule has 0 saturated carbocycles. The number of aromatic nitrogens is 1. The molecule has 4 rings (SSSR count). The molecule has 1 aromatic heterocycles. The third kappa shape index (κ3) is 1.75. The van der Waals surface area contributed by atoms with Crippen LogP contribution in [0.3, 0.4) is 0 Å². The second kappa shape index (κ2) is 4.58. The van der Waals surface area contributed by atoms with Crippen LogP contribution in [-0.2, 0) is 17.6 Å². The second-order valence-electron chi connectivity index (χ2n) is 5.48. The van der Waals surface area contributed by atoms with Gasteiger partial charge in [0.15, 0.2) is 0 Å². The van der Waals surface area contributed by atoms with Gasteiger partial charge in [-0.05, 0) is 30.5 Å². The number of hydrogen-bond donors (Lipinski definition) is 0. The summed E-state index contributed by atoms with van der Waals surface area (Å²) in [5.41, 5.74) is 5.65. The van der Waals surface area contributed by atoms with Gasteiger partial charge in [-0.2, -0.15) is 0 Å². The molecule has 4 heteroatoms. The summed E-state index contributed by atoms with van der Waals surface area (Å²) in [7, 11) is 1.70. The third-order valence-electron chi connectivity index (χ3n) is 4.37. The number of carbonyl (C=O) groups is 1. The number of methoxy groups -OCH3 is 1. The lowest BCUT2D eigenvalue weighted by Gasteiger charge is -2.27. The minimum absolute atomic E-state index is 0.234. The highest BCUT2D eigenvalue weighted by atomic mass is 16.5. The van der Waals surface area contributed by atoms with Crippen molar-refractivity contribution in [2.24, 2.45) is 0 Å². The number of aryl methyl sites for hydroxylation is 1. The van der Waals surface area contributed by atoms with Crippen LogP contribution in [-0.4, -0.2) is 24.5 Å². The van der Waals surface area contributed by atoms with Crippen LogP contribution in [0.2, 0.25) is 0 Å². The van der Waals surface area contributed by atoms with E-state index in [1.54, 1.807) is 13.3 Å². The van der Waals surface area contributed by atoms with Crippen LogP contribution in [0.4, 0.5) is 5.69 Å². The zero-order chi connectivity index (χ0) is 14.4. The van der Waals surface area contributed by atoms with Gasteiger partial charge in [0.1, 0.15) is 5.75 Å². The third-order valence-corrected chi connectivity index (χ3v) is 4.37. The molecule has 0 atom stereocenters. The van der Waals surface area contributed by atoms with Crippen molar-refractivity contribution < 1.29 is 9.53 Å². The Hall–Kier alpha value is -2.36. The van der Waals surface area contributed by atoms with E-state index in [-0.39, 0.29) is 5.91 Å². The van der Waals surface area contributed by atoms with Crippen LogP contribution in [0.1, 0.15) is 17.5 Å². The maximum atomic E-state index is 12.1. The molecule has 3 heterocycles. The summed E-state index contributed by atoms with van der Waals surface area (Å²) < 4.78 is 5.68. The number of amides is 1. The summed E-state index contributed by atoms with van der Waals surface area (Å²) in [6.07, 6.45) is 5.91. The molecular weight excluding hydrogens is 264 g/mol. The minimum Gasteiger partial charge on any atom is -0.496 e. The molecule has 1 aromatic carbocycles. The van der Waals surface area contributed by atoms with Gasteiger partial charge in [0.25, 0.3) is 0 Å². The molecule has 2 aliphatic rings. The van der Waals surface area contributed by atoms with E-state index in [1.165, 1.54) is 11.1 Å². The molecule has 0 N–H and O–H groups in total. The molecule has 0 bridgehead atoms. The first-order valence-corrected chi connectivity index (χ1v) is 7.23. The molecule has 2 aromatic rings.